The Morgan fingerprint density at radius 1 is 1.22 bits per heavy atom. The number of aromatic nitrogens is 1. The zero-order valence-corrected chi connectivity index (χ0v) is 11.4. The molecule has 0 aliphatic heterocycles. The molecule has 1 aromatic heterocycles. The number of pyridine rings is 1. The van der Waals surface area contributed by atoms with Gasteiger partial charge < -0.3 is 10.6 Å². The minimum Gasteiger partial charge on any atom is -0.354 e. The summed E-state index contributed by atoms with van der Waals surface area (Å²) in [6.07, 6.45) is 1.67. The largest absolute Gasteiger partial charge is 0.354 e. The monoisotopic (exact) mass is 305 g/mol. The second-order valence-corrected chi connectivity index (χ2v) is 4.66. The zero-order chi connectivity index (χ0) is 13.0. The van der Waals surface area contributed by atoms with E-state index in [1.165, 1.54) is 6.92 Å². The number of nitrogens with zero attached hydrogens (tertiary/aromatic N) is 1. The summed E-state index contributed by atoms with van der Waals surface area (Å²) < 4.78 is 1.01. The molecular formula is C13H12BrN3O. The van der Waals surface area contributed by atoms with Gasteiger partial charge in [0.1, 0.15) is 5.82 Å². The molecule has 1 heterocycles. The van der Waals surface area contributed by atoms with Gasteiger partial charge in [-0.15, -0.1) is 0 Å². The molecule has 0 atom stereocenters. The highest BCUT2D eigenvalue weighted by Gasteiger charge is 1.99. The minimum atomic E-state index is -0.129. The normalized spacial score (nSPS) is 9.89. The fourth-order valence-corrected chi connectivity index (χ4v) is 1.85. The van der Waals surface area contributed by atoms with E-state index < -0.39 is 0 Å². The molecule has 0 radical (unpaired) electrons. The zero-order valence-electron chi connectivity index (χ0n) is 9.77. The van der Waals surface area contributed by atoms with E-state index in [1.807, 2.05) is 30.3 Å². The van der Waals surface area contributed by atoms with Crippen LogP contribution < -0.4 is 10.6 Å². The molecular weight excluding hydrogens is 294 g/mol. The summed E-state index contributed by atoms with van der Waals surface area (Å²) in [4.78, 5) is 15.0. The maximum absolute atomic E-state index is 10.9. The van der Waals surface area contributed by atoms with E-state index in [4.69, 9.17) is 0 Å². The highest BCUT2D eigenvalue weighted by Crippen LogP contribution is 2.20. The van der Waals surface area contributed by atoms with Crippen molar-refractivity contribution >= 4 is 39.0 Å². The first-order chi connectivity index (χ1) is 8.63. The molecule has 2 aromatic rings. The molecule has 0 aliphatic carbocycles. The number of rotatable bonds is 3. The lowest BCUT2D eigenvalue weighted by Gasteiger charge is -2.07. The van der Waals surface area contributed by atoms with Gasteiger partial charge in [-0.3, -0.25) is 4.79 Å². The van der Waals surface area contributed by atoms with Crippen molar-refractivity contribution in [3.8, 4) is 0 Å². The molecule has 0 bridgehead atoms. The molecule has 2 N–H and O–H groups in total. The van der Waals surface area contributed by atoms with Gasteiger partial charge in [-0.05, 0) is 30.3 Å². The molecule has 0 fully saturated rings. The second kappa shape index (κ2) is 5.64. The van der Waals surface area contributed by atoms with Crippen molar-refractivity contribution in [1.82, 2.24) is 4.98 Å². The number of carbonyl (C=O) groups excluding carboxylic acids is 1. The summed E-state index contributed by atoms with van der Waals surface area (Å²) in [5, 5.41) is 5.84. The molecule has 1 amide bonds. The van der Waals surface area contributed by atoms with Crippen LogP contribution in [0.2, 0.25) is 0 Å². The number of hydrogen-bond donors (Lipinski definition) is 2. The highest BCUT2D eigenvalue weighted by atomic mass is 79.9. The van der Waals surface area contributed by atoms with Crippen LogP contribution in [0.25, 0.3) is 0 Å². The van der Waals surface area contributed by atoms with Gasteiger partial charge in [0.05, 0.1) is 11.9 Å². The van der Waals surface area contributed by atoms with Gasteiger partial charge in [-0.2, -0.15) is 0 Å². The quantitative estimate of drug-likeness (QED) is 0.912. The Balaban J connectivity index is 2.08. The van der Waals surface area contributed by atoms with Crippen molar-refractivity contribution in [3.63, 3.8) is 0 Å². The first kappa shape index (κ1) is 12.6. The van der Waals surface area contributed by atoms with Crippen molar-refractivity contribution in [3.05, 3.63) is 47.1 Å². The third-order valence-corrected chi connectivity index (χ3v) is 2.67. The molecule has 0 aliphatic rings. The summed E-state index contributed by atoms with van der Waals surface area (Å²) >= 11 is 3.41. The van der Waals surface area contributed by atoms with Crippen LogP contribution in [0, 0.1) is 0 Å². The summed E-state index contributed by atoms with van der Waals surface area (Å²) in [5.74, 6) is 0.414. The number of carbonyl (C=O) groups is 1. The molecule has 92 valence electrons. The number of hydrogen-bond acceptors (Lipinski definition) is 3. The topological polar surface area (TPSA) is 54.0 Å². The lowest BCUT2D eigenvalue weighted by atomic mass is 10.3. The smallest absolute Gasteiger partial charge is 0.222 e. The Morgan fingerprint density at radius 3 is 2.67 bits per heavy atom. The van der Waals surface area contributed by atoms with E-state index in [-0.39, 0.29) is 5.91 Å². The SMILES string of the molecule is CC(=O)Nc1ccc(Nc2cccc(Br)c2)cn1. The maximum Gasteiger partial charge on any atom is 0.222 e. The number of anilines is 3. The van der Waals surface area contributed by atoms with Crippen LogP contribution in [-0.2, 0) is 4.79 Å². The Kier molecular flexibility index (Phi) is 3.94. The molecule has 0 spiro atoms. The van der Waals surface area contributed by atoms with Crippen LogP contribution in [0.1, 0.15) is 6.92 Å². The molecule has 4 nitrogen and oxygen atoms in total. The number of nitrogens with one attached hydrogen (secondary N) is 2. The Hall–Kier alpha value is -1.88. The van der Waals surface area contributed by atoms with Gasteiger partial charge in [-0.1, -0.05) is 22.0 Å². The van der Waals surface area contributed by atoms with Gasteiger partial charge in [0.25, 0.3) is 0 Å². The predicted molar refractivity (Wildman–Crippen MR) is 76.0 cm³/mol. The van der Waals surface area contributed by atoms with Gasteiger partial charge in [0.2, 0.25) is 5.91 Å². The lowest BCUT2D eigenvalue weighted by molar-refractivity contribution is -0.114. The molecule has 1 aromatic carbocycles. The van der Waals surface area contributed by atoms with Crippen LogP contribution in [0.5, 0.6) is 0 Å². The fraction of sp³-hybridized carbons (Fsp3) is 0.0769. The Morgan fingerprint density at radius 2 is 2.06 bits per heavy atom. The van der Waals surface area contributed by atoms with Crippen LogP contribution in [-0.4, -0.2) is 10.9 Å². The minimum absolute atomic E-state index is 0.129. The van der Waals surface area contributed by atoms with Crippen molar-refractivity contribution < 1.29 is 4.79 Å². The van der Waals surface area contributed by atoms with Gasteiger partial charge in [-0.25, -0.2) is 4.98 Å². The van der Waals surface area contributed by atoms with E-state index in [2.05, 4.69) is 31.5 Å². The predicted octanol–water partition coefficient (Wildman–Crippen LogP) is 3.55. The van der Waals surface area contributed by atoms with Gasteiger partial charge in [0, 0.05) is 17.1 Å². The lowest BCUT2D eigenvalue weighted by Crippen LogP contribution is -2.07. The maximum atomic E-state index is 10.9. The first-order valence-electron chi connectivity index (χ1n) is 5.40. The van der Waals surface area contributed by atoms with E-state index in [9.17, 15) is 4.79 Å². The van der Waals surface area contributed by atoms with Crippen LogP contribution >= 0.6 is 15.9 Å². The average molecular weight is 306 g/mol. The number of benzene rings is 1. The first-order valence-corrected chi connectivity index (χ1v) is 6.19. The van der Waals surface area contributed by atoms with Gasteiger partial charge in [0.15, 0.2) is 0 Å². The summed E-state index contributed by atoms with van der Waals surface area (Å²) in [6, 6.07) is 11.5. The van der Waals surface area contributed by atoms with Crippen molar-refractivity contribution in [1.29, 1.82) is 0 Å². The van der Waals surface area contributed by atoms with Crippen LogP contribution in [0.4, 0.5) is 17.2 Å². The third-order valence-electron chi connectivity index (χ3n) is 2.18. The molecule has 2 rings (SSSR count). The Bertz CT molecular complexity index is 554. The van der Waals surface area contributed by atoms with E-state index >= 15 is 0 Å². The van der Waals surface area contributed by atoms with Crippen molar-refractivity contribution in [2.75, 3.05) is 10.6 Å². The van der Waals surface area contributed by atoms with E-state index in [0.717, 1.165) is 15.8 Å². The molecule has 5 heteroatoms. The van der Waals surface area contributed by atoms with Gasteiger partial charge >= 0.3 is 0 Å². The van der Waals surface area contributed by atoms with Crippen LogP contribution in [0.15, 0.2) is 47.1 Å². The Labute approximate surface area is 114 Å². The fourth-order valence-electron chi connectivity index (χ4n) is 1.46. The molecule has 0 unspecified atom stereocenters. The van der Waals surface area contributed by atoms with E-state index in [0.29, 0.717) is 5.82 Å². The molecule has 0 saturated heterocycles. The molecule has 18 heavy (non-hydrogen) atoms. The number of halogens is 1. The summed E-state index contributed by atoms with van der Waals surface area (Å²) in [7, 11) is 0. The molecule has 0 saturated carbocycles. The highest BCUT2D eigenvalue weighted by molar-refractivity contribution is 9.10. The summed E-state index contributed by atoms with van der Waals surface area (Å²) in [6.45, 7) is 1.45. The third kappa shape index (κ3) is 3.56. The van der Waals surface area contributed by atoms with Crippen LogP contribution in [0.3, 0.4) is 0 Å². The second-order valence-electron chi connectivity index (χ2n) is 3.75. The average Bonchev–Trinajstić information content (AvgIpc) is 2.31. The summed E-state index contributed by atoms with van der Waals surface area (Å²) in [5.41, 5.74) is 1.83. The number of amides is 1. The van der Waals surface area contributed by atoms with Crippen molar-refractivity contribution in [2.24, 2.45) is 0 Å². The van der Waals surface area contributed by atoms with E-state index in [1.54, 1.807) is 12.3 Å². The standard InChI is InChI=1S/C13H12BrN3O/c1-9(18)16-13-6-5-12(8-15-13)17-11-4-2-3-10(14)7-11/h2-8,17H,1H3,(H,15,16,18). The van der Waals surface area contributed by atoms with Crippen molar-refractivity contribution in [2.45, 2.75) is 6.92 Å².